The first-order valence-electron chi connectivity index (χ1n) is 8.99. The summed E-state index contributed by atoms with van der Waals surface area (Å²) in [7, 11) is 1.82. The molecule has 0 saturated carbocycles. The molecule has 1 N–H and O–H groups in total. The van der Waals surface area contributed by atoms with Gasteiger partial charge in [-0.25, -0.2) is 4.98 Å². The van der Waals surface area contributed by atoms with Crippen LogP contribution in [0.3, 0.4) is 0 Å². The molecule has 0 aliphatic rings. The van der Waals surface area contributed by atoms with Gasteiger partial charge in [0.15, 0.2) is 4.34 Å². The number of aromatic nitrogens is 3. The Labute approximate surface area is 181 Å². The van der Waals surface area contributed by atoms with Gasteiger partial charge in [-0.15, -0.1) is 21.5 Å². The second-order valence-corrected chi connectivity index (χ2v) is 9.62. The summed E-state index contributed by atoms with van der Waals surface area (Å²) in [4.78, 5) is 19.1. The van der Waals surface area contributed by atoms with Crippen LogP contribution in [0.15, 0.2) is 58.9 Å². The first-order valence-corrected chi connectivity index (χ1v) is 11.6. The van der Waals surface area contributed by atoms with Crippen LogP contribution < -0.4 is 5.32 Å². The SMILES string of the molecule is CC(c1nc2ccccc2s1)N(C)C(=O)CSc1nnc(Nc2ccccc2)s1. The molecule has 1 unspecified atom stereocenters. The lowest BCUT2D eigenvalue weighted by molar-refractivity contribution is -0.128. The van der Waals surface area contributed by atoms with E-state index in [1.807, 2.05) is 62.5 Å². The number of carbonyl (C=O) groups excluding carboxylic acids is 1. The van der Waals surface area contributed by atoms with Crippen molar-refractivity contribution in [1.29, 1.82) is 0 Å². The standard InChI is InChI=1S/C20H19N5OS3/c1-13(18-22-15-10-6-7-11-16(15)28-18)25(2)17(26)12-27-20-24-23-19(29-20)21-14-8-4-3-5-9-14/h3-11,13H,12H2,1-2H3,(H,21,23). The quantitative estimate of drug-likeness (QED) is 0.397. The lowest BCUT2D eigenvalue weighted by Gasteiger charge is -2.22. The number of carbonyl (C=O) groups is 1. The summed E-state index contributed by atoms with van der Waals surface area (Å²) in [5.41, 5.74) is 1.93. The summed E-state index contributed by atoms with van der Waals surface area (Å²) in [5, 5.41) is 13.2. The minimum Gasteiger partial charge on any atom is -0.336 e. The number of anilines is 2. The van der Waals surface area contributed by atoms with Crippen LogP contribution in [-0.4, -0.2) is 38.8 Å². The number of nitrogens with zero attached hydrogens (tertiary/aromatic N) is 4. The van der Waals surface area contributed by atoms with Crippen molar-refractivity contribution < 1.29 is 4.79 Å². The van der Waals surface area contributed by atoms with Gasteiger partial charge in [0.1, 0.15) is 5.01 Å². The van der Waals surface area contributed by atoms with E-state index in [1.54, 1.807) is 16.2 Å². The third-order valence-electron chi connectivity index (χ3n) is 4.39. The number of hydrogen-bond acceptors (Lipinski definition) is 8. The van der Waals surface area contributed by atoms with Gasteiger partial charge in [-0.3, -0.25) is 4.79 Å². The fourth-order valence-electron chi connectivity index (χ4n) is 2.64. The molecule has 0 fully saturated rings. The summed E-state index contributed by atoms with van der Waals surface area (Å²) in [6, 6.07) is 17.8. The zero-order valence-electron chi connectivity index (χ0n) is 15.9. The molecule has 6 nitrogen and oxygen atoms in total. The molecular weight excluding hydrogens is 422 g/mol. The van der Waals surface area contributed by atoms with Crippen LogP contribution in [0.2, 0.25) is 0 Å². The van der Waals surface area contributed by atoms with Crippen LogP contribution in [0.25, 0.3) is 10.2 Å². The Hall–Kier alpha value is -2.49. The first-order chi connectivity index (χ1) is 14.1. The third kappa shape index (κ3) is 4.75. The molecule has 2 aromatic heterocycles. The molecule has 0 spiro atoms. The number of nitrogens with one attached hydrogen (secondary N) is 1. The average molecular weight is 442 g/mol. The van der Waals surface area contributed by atoms with Crippen molar-refractivity contribution in [2.75, 3.05) is 18.1 Å². The van der Waals surface area contributed by atoms with Gasteiger partial charge >= 0.3 is 0 Å². The molecule has 1 atom stereocenters. The van der Waals surface area contributed by atoms with Gasteiger partial charge in [0.2, 0.25) is 11.0 Å². The van der Waals surface area contributed by atoms with Gasteiger partial charge in [0, 0.05) is 12.7 Å². The molecule has 4 rings (SSSR count). The summed E-state index contributed by atoms with van der Waals surface area (Å²) in [6.07, 6.45) is 0. The van der Waals surface area contributed by atoms with Crippen LogP contribution >= 0.6 is 34.4 Å². The molecule has 0 saturated heterocycles. The Morgan fingerprint density at radius 1 is 1.10 bits per heavy atom. The highest BCUT2D eigenvalue weighted by molar-refractivity contribution is 8.01. The molecule has 29 heavy (non-hydrogen) atoms. The normalized spacial score (nSPS) is 12.1. The van der Waals surface area contributed by atoms with E-state index < -0.39 is 0 Å². The summed E-state index contributed by atoms with van der Waals surface area (Å²) in [5.74, 6) is 0.348. The van der Waals surface area contributed by atoms with Gasteiger partial charge in [0.25, 0.3) is 0 Å². The monoisotopic (exact) mass is 441 g/mol. The smallest absolute Gasteiger partial charge is 0.233 e. The molecule has 0 radical (unpaired) electrons. The Morgan fingerprint density at radius 3 is 2.66 bits per heavy atom. The maximum atomic E-state index is 12.7. The van der Waals surface area contributed by atoms with Crippen molar-refractivity contribution in [3.8, 4) is 0 Å². The van der Waals surface area contributed by atoms with Crippen LogP contribution in [0.5, 0.6) is 0 Å². The zero-order chi connectivity index (χ0) is 20.2. The van der Waals surface area contributed by atoms with Crippen molar-refractivity contribution >= 4 is 61.4 Å². The highest BCUT2D eigenvalue weighted by Gasteiger charge is 2.21. The zero-order valence-corrected chi connectivity index (χ0v) is 18.4. The average Bonchev–Trinajstić information content (AvgIpc) is 3.38. The van der Waals surface area contributed by atoms with Crippen molar-refractivity contribution in [1.82, 2.24) is 20.1 Å². The van der Waals surface area contributed by atoms with E-state index in [0.717, 1.165) is 25.3 Å². The summed E-state index contributed by atoms with van der Waals surface area (Å²) >= 11 is 4.47. The summed E-state index contributed by atoms with van der Waals surface area (Å²) < 4.78 is 1.90. The van der Waals surface area contributed by atoms with Crippen molar-refractivity contribution in [2.45, 2.75) is 17.3 Å². The number of rotatable bonds is 7. The predicted octanol–water partition coefficient (Wildman–Crippen LogP) is 5.20. The lowest BCUT2D eigenvalue weighted by Crippen LogP contribution is -2.31. The molecule has 2 aromatic carbocycles. The Bertz CT molecular complexity index is 1080. The van der Waals surface area contributed by atoms with Crippen molar-refractivity contribution in [3.63, 3.8) is 0 Å². The molecule has 9 heteroatoms. The van der Waals surface area contributed by atoms with Gasteiger partial charge < -0.3 is 10.2 Å². The van der Waals surface area contributed by atoms with Gasteiger partial charge in [0.05, 0.1) is 22.0 Å². The maximum Gasteiger partial charge on any atom is 0.233 e. The third-order valence-corrected chi connectivity index (χ3v) is 7.56. The second kappa shape index (κ2) is 8.89. The van der Waals surface area contributed by atoms with E-state index in [1.165, 1.54) is 23.1 Å². The highest BCUT2D eigenvalue weighted by atomic mass is 32.2. The van der Waals surface area contributed by atoms with Gasteiger partial charge in [-0.1, -0.05) is 53.4 Å². The first kappa shape index (κ1) is 19.8. The Kier molecular flexibility index (Phi) is 6.08. The summed E-state index contributed by atoms with van der Waals surface area (Å²) in [6.45, 7) is 2.01. The predicted molar refractivity (Wildman–Crippen MR) is 121 cm³/mol. The lowest BCUT2D eigenvalue weighted by atomic mass is 10.3. The molecule has 0 bridgehead atoms. The van der Waals surface area contributed by atoms with Crippen molar-refractivity contribution in [3.05, 3.63) is 59.6 Å². The Balaban J connectivity index is 1.34. The molecule has 2 heterocycles. The van der Waals surface area contributed by atoms with Crippen molar-refractivity contribution in [2.24, 2.45) is 0 Å². The van der Waals surface area contributed by atoms with Crippen LogP contribution in [0, 0.1) is 0 Å². The van der Waals surface area contributed by atoms with E-state index in [9.17, 15) is 4.79 Å². The fourth-order valence-corrected chi connectivity index (χ4v) is 5.40. The molecule has 0 aliphatic heterocycles. The van der Waals surface area contributed by atoms with E-state index in [2.05, 4.69) is 26.6 Å². The van der Waals surface area contributed by atoms with E-state index >= 15 is 0 Å². The molecule has 0 aliphatic carbocycles. The number of hydrogen-bond donors (Lipinski definition) is 1. The number of thiazole rings is 1. The number of amides is 1. The molecule has 1 amide bonds. The largest absolute Gasteiger partial charge is 0.336 e. The number of thioether (sulfide) groups is 1. The Morgan fingerprint density at radius 2 is 1.86 bits per heavy atom. The van der Waals surface area contributed by atoms with E-state index in [-0.39, 0.29) is 11.9 Å². The highest BCUT2D eigenvalue weighted by Crippen LogP contribution is 2.31. The minimum atomic E-state index is -0.0785. The molecular formula is C20H19N5OS3. The maximum absolute atomic E-state index is 12.7. The minimum absolute atomic E-state index is 0.0366. The number of para-hydroxylation sites is 2. The van der Waals surface area contributed by atoms with Crippen LogP contribution in [0.4, 0.5) is 10.8 Å². The fraction of sp³-hybridized carbons (Fsp3) is 0.200. The van der Waals surface area contributed by atoms with E-state index in [0.29, 0.717) is 10.9 Å². The van der Waals surface area contributed by atoms with Crippen LogP contribution in [0.1, 0.15) is 18.0 Å². The van der Waals surface area contributed by atoms with Gasteiger partial charge in [-0.05, 0) is 31.2 Å². The molecule has 4 aromatic rings. The number of fused-ring (bicyclic) bond motifs is 1. The van der Waals surface area contributed by atoms with Gasteiger partial charge in [-0.2, -0.15) is 0 Å². The topological polar surface area (TPSA) is 71.0 Å². The molecule has 148 valence electrons. The van der Waals surface area contributed by atoms with E-state index in [4.69, 9.17) is 0 Å². The van der Waals surface area contributed by atoms with Crippen LogP contribution in [-0.2, 0) is 4.79 Å². The number of benzene rings is 2. The second-order valence-electron chi connectivity index (χ2n) is 6.35.